The van der Waals surface area contributed by atoms with E-state index in [1.807, 2.05) is 25.1 Å². The highest BCUT2D eigenvalue weighted by Crippen LogP contribution is 2.21. The van der Waals surface area contributed by atoms with E-state index in [-0.39, 0.29) is 30.7 Å². The Kier molecular flexibility index (Phi) is 14.0. The number of rotatable bonds is 9. The van der Waals surface area contributed by atoms with Crippen LogP contribution in [0.4, 0.5) is 5.69 Å². The summed E-state index contributed by atoms with van der Waals surface area (Å²) in [5, 5.41) is 9.75. The SMILES string of the molecule is CCCNCCNC(=O)c1cccc(NC(C)C(C)C)c1C.Cl.Cl. The van der Waals surface area contributed by atoms with Crippen molar-refractivity contribution in [2.75, 3.05) is 25.0 Å². The third-order valence-corrected chi connectivity index (χ3v) is 3.98. The fourth-order valence-electron chi connectivity index (χ4n) is 2.11. The van der Waals surface area contributed by atoms with E-state index < -0.39 is 0 Å². The number of benzene rings is 1. The molecule has 1 atom stereocenters. The van der Waals surface area contributed by atoms with Crippen molar-refractivity contribution in [1.29, 1.82) is 0 Å². The van der Waals surface area contributed by atoms with E-state index in [4.69, 9.17) is 0 Å². The van der Waals surface area contributed by atoms with Crippen molar-refractivity contribution < 1.29 is 4.79 Å². The monoisotopic (exact) mass is 377 g/mol. The largest absolute Gasteiger partial charge is 0.382 e. The molecule has 0 bridgehead atoms. The number of amides is 1. The van der Waals surface area contributed by atoms with Crippen LogP contribution in [-0.4, -0.2) is 31.6 Å². The van der Waals surface area contributed by atoms with Gasteiger partial charge in [-0.3, -0.25) is 4.79 Å². The van der Waals surface area contributed by atoms with Crippen LogP contribution in [-0.2, 0) is 0 Å². The van der Waals surface area contributed by atoms with Gasteiger partial charge >= 0.3 is 0 Å². The van der Waals surface area contributed by atoms with E-state index in [9.17, 15) is 4.79 Å². The van der Waals surface area contributed by atoms with Crippen LogP contribution in [0, 0.1) is 12.8 Å². The van der Waals surface area contributed by atoms with E-state index in [0.29, 0.717) is 18.5 Å². The average Bonchev–Trinajstić information content (AvgIpc) is 2.48. The van der Waals surface area contributed by atoms with E-state index >= 15 is 0 Å². The first-order valence-corrected chi connectivity index (χ1v) is 8.32. The van der Waals surface area contributed by atoms with E-state index in [1.165, 1.54) is 0 Å². The van der Waals surface area contributed by atoms with Crippen molar-refractivity contribution in [3.8, 4) is 0 Å². The van der Waals surface area contributed by atoms with Gasteiger partial charge in [0.05, 0.1) is 0 Å². The molecule has 0 aliphatic carbocycles. The lowest BCUT2D eigenvalue weighted by molar-refractivity contribution is 0.0953. The smallest absolute Gasteiger partial charge is 0.251 e. The average molecular weight is 378 g/mol. The van der Waals surface area contributed by atoms with Crippen LogP contribution in [0.3, 0.4) is 0 Å². The number of hydrogen-bond donors (Lipinski definition) is 3. The summed E-state index contributed by atoms with van der Waals surface area (Å²) in [5.41, 5.74) is 2.79. The van der Waals surface area contributed by atoms with Crippen molar-refractivity contribution >= 4 is 36.4 Å². The Morgan fingerprint density at radius 1 is 1.08 bits per heavy atom. The minimum Gasteiger partial charge on any atom is -0.382 e. The van der Waals surface area contributed by atoms with Crippen molar-refractivity contribution in [2.24, 2.45) is 5.92 Å². The van der Waals surface area contributed by atoms with Gasteiger partial charge in [0.15, 0.2) is 0 Å². The Morgan fingerprint density at radius 2 is 1.75 bits per heavy atom. The van der Waals surface area contributed by atoms with E-state index in [0.717, 1.165) is 36.3 Å². The predicted molar refractivity (Wildman–Crippen MR) is 109 cm³/mol. The van der Waals surface area contributed by atoms with Crippen LogP contribution in [0.25, 0.3) is 0 Å². The van der Waals surface area contributed by atoms with Crippen LogP contribution < -0.4 is 16.0 Å². The first-order valence-electron chi connectivity index (χ1n) is 8.32. The number of hydrogen-bond acceptors (Lipinski definition) is 3. The second kappa shape index (κ2) is 13.3. The first kappa shape index (κ1) is 25.3. The van der Waals surface area contributed by atoms with Crippen LogP contribution in [0.15, 0.2) is 18.2 Å². The lowest BCUT2D eigenvalue weighted by Crippen LogP contribution is -2.32. The highest BCUT2D eigenvalue weighted by Gasteiger charge is 2.13. The molecule has 1 aromatic carbocycles. The highest BCUT2D eigenvalue weighted by atomic mass is 35.5. The van der Waals surface area contributed by atoms with Crippen LogP contribution in [0.5, 0.6) is 0 Å². The van der Waals surface area contributed by atoms with Crippen molar-refractivity contribution in [2.45, 2.75) is 47.1 Å². The summed E-state index contributed by atoms with van der Waals surface area (Å²) in [7, 11) is 0. The maximum Gasteiger partial charge on any atom is 0.251 e. The molecule has 1 unspecified atom stereocenters. The Hall–Kier alpha value is -0.970. The van der Waals surface area contributed by atoms with Gasteiger partial charge in [-0.2, -0.15) is 0 Å². The molecule has 0 radical (unpaired) electrons. The Labute approximate surface area is 159 Å². The lowest BCUT2D eigenvalue weighted by Gasteiger charge is -2.21. The molecule has 140 valence electrons. The summed E-state index contributed by atoms with van der Waals surface area (Å²) in [6.45, 7) is 13.1. The maximum atomic E-state index is 12.3. The second-order valence-electron chi connectivity index (χ2n) is 6.16. The molecule has 3 N–H and O–H groups in total. The minimum absolute atomic E-state index is 0. The van der Waals surface area contributed by atoms with Crippen LogP contribution in [0.1, 0.15) is 50.0 Å². The molecule has 0 saturated heterocycles. The molecule has 0 heterocycles. The molecule has 0 aliphatic heterocycles. The van der Waals surface area contributed by atoms with Gasteiger partial charge in [0.25, 0.3) is 5.91 Å². The summed E-state index contributed by atoms with van der Waals surface area (Å²) < 4.78 is 0. The number of carbonyl (C=O) groups excluding carboxylic acids is 1. The van der Waals surface area contributed by atoms with Crippen LogP contribution >= 0.6 is 24.8 Å². The zero-order valence-electron chi connectivity index (χ0n) is 15.4. The Balaban J connectivity index is 0. The summed E-state index contributed by atoms with van der Waals surface area (Å²) in [6, 6.07) is 6.23. The number of halogens is 2. The fourth-order valence-corrected chi connectivity index (χ4v) is 2.11. The van der Waals surface area contributed by atoms with E-state index in [1.54, 1.807) is 0 Å². The molecular formula is C18H33Cl2N3O. The van der Waals surface area contributed by atoms with Gasteiger partial charge in [-0.05, 0) is 50.4 Å². The molecule has 0 saturated carbocycles. The molecule has 1 rings (SSSR count). The summed E-state index contributed by atoms with van der Waals surface area (Å²) in [6.07, 6.45) is 1.11. The molecular weight excluding hydrogens is 345 g/mol. The molecule has 6 heteroatoms. The first-order chi connectivity index (χ1) is 10.5. The molecule has 1 amide bonds. The zero-order valence-corrected chi connectivity index (χ0v) is 17.1. The number of anilines is 1. The normalized spacial score (nSPS) is 11.2. The minimum atomic E-state index is -0.00310. The summed E-state index contributed by atoms with van der Waals surface area (Å²) in [5.74, 6) is 0.540. The topological polar surface area (TPSA) is 53.2 Å². The van der Waals surface area contributed by atoms with Gasteiger partial charge in [-0.25, -0.2) is 0 Å². The van der Waals surface area contributed by atoms with Gasteiger partial charge in [-0.1, -0.05) is 26.8 Å². The Bertz CT molecular complexity index is 481. The molecule has 0 spiro atoms. The third-order valence-electron chi connectivity index (χ3n) is 3.98. The van der Waals surface area contributed by atoms with Gasteiger partial charge in [0.2, 0.25) is 0 Å². The standard InChI is InChI=1S/C18H31N3O.2ClH/c1-6-10-19-11-12-20-18(22)16-8-7-9-17(14(16)4)21-15(5)13(2)3;;/h7-9,13,15,19,21H,6,10-12H2,1-5H3,(H,20,22);2*1H. The predicted octanol–water partition coefficient (Wildman–Crippen LogP) is 4.02. The summed E-state index contributed by atoms with van der Waals surface area (Å²) in [4.78, 5) is 12.3. The van der Waals surface area contributed by atoms with Gasteiger partial charge in [0, 0.05) is 30.4 Å². The molecule has 0 aliphatic rings. The number of carbonyl (C=O) groups is 1. The zero-order chi connectivity index (χ0) is 16.5. The van der Waals surface area contributed by atoms with Gasteiger partial charge < -0.3 is 16.0 Å². The van der Waals surface area contributed by atoms with Crippen molar-refractivity contribution in [1.82, 2.24) is 10.6 Å². The lowest BCUT2D eigenvalue weighted by atomic mass is 10.0. The van der Waals surface area contributed by atoms with Gasteiger partial charge in [0.1, 0.15) is 0 Å². The third kappa shape index (κ3) is 8.22. The maximum absolute atomic E-state index is 12.3. The quantitative estimate of drug-likeness (QED) is 0.569. The number of nitrogens with one attached hydrogen (secondary N) is 3. The second-order valence-corrected chi connectivity index (χ2v) is 6.16. The summed E-state index contributed by atoms with van der Waals surface area (Å²) >= 11 is 0. The molecule has 1 aromatic rings. The Morgan fingerprint density at radius 3 is 2.33 bits per heavy atom. The van der Waals surface area contributed by atoms with E-state index in [2.05, 4.69) is 43.6 Å². The fraction of sp³-hybridized carbons (Fsp3) is 0.611. The molecule has 24 heavy (non-hydrogen) atoms. The van der Waals surface area contributed by atoms with Crippen LogP contribution in [0.2, 0.25) is 0 Å². The molecule has 0 aromatic heterocycles. The highest BCUT2D eigenvalue weighted by molar-refractivity contribution is 5.97. The molecule has 4 nitrogen and oxygen atoms in total. The van der Waals surface area contributed by atoms with Gasteiger partial charge in [-0.15, -0.1) is 24.8 Å². The van der Waals surface area contributed by atoms with Crippen molar-refractivity contribution in [3.63, 3.8) is 0 Å². The van der Waals surface area contributed by atoms with Crippen molar-refractivity contribution in [3.05, 3.63) is 29.3 Å². The molecule has 0 fully saturated rings.